The van der Waals surface area contributed by atoms with E-state index in [1.807, 2.05) is 30.3 Å². The van der Waals surface area contributed by atoms with E-state index in [-0.39, 0.29) is 25.4 Å². The average molecular weight is 293 g/mol. The Bertz CT molecular complexity index is 468. The number of ether oxygens (including phenoxy) is 2. The molecular weight excluding hydrogens is 274 g/mol. The van der Waals surface area contributed by atoms with Gasteiger partial charge in [-0.05, 0) is 5.56 Å². The van der Waals surface area contributed by atoms with Crippen molar-refractivity contribution in [1.82, 2.24) is 5.32 Å². The Morgan fingerprint density at radius 1 is 1.19 bits per heavy atom. The zero-order valence-electron chi connectivity index (χ0n) is 12.1. The molecule has 0 radical (unpaired) electrons. The molecule has 6 nitrogen and oxygen atoms in total. The van der Waals surface area contributed by atoms with Crippen LogP contribution in [-0.4, -0.2) is 31.0 Å². The minimum Gasteiger partial charge on any atom is -0.469 e. The minimum atomic E-state index is -1.03. The lowest BCUT2D eigenvalue weighted by molar-refractivity contribution is -0.153. The van der Waals surface area contributed by atoms with E-state index in [1.54, 1.807) is 6.92 Å². The predicted octanol–water partition coefficient (Wildman–Crippen LogP) is 1.19. The first-order chi connectivity index (χ1) is 10.1. The first kappa shape index (κ1) is 16.7. The molecule has 1 aromatic carbocycles. The number of amides is 1. The molecule has 1 amide bonds. The maximum absolute atomic E-state index is 12.0. The van der Waals surface area contributed by atoms with Crippen molar-refractivity contribution in [3.05, 3.63) is 35.9 Å². The molecule has 0 bridgehead atoms. The van der Waals surface area contributed by atoms with Crippen LogP contribution in [0, 0.1) is 0 Å². The summed E-state index contributed by atoms with van der Waals surface area (Å²) in [7, 11) is 1.22. The molecule has 0 heterocycles. The summed E-state index contributed by atoms with van der Waals surface area (Å²) < 4.78 is 9.63. The standard InChI is InChI=1S/C15H19NO5/c1-3-13(17)16-12(9-14(18)20-2)15(19)21-10-11-7-5-4-6-8-11/h4-8,12H,3,9-10H2,1-2H3,(H,16,17)/t12-/m0/s1. The van der Waals surface area contributed by atoms with Gasteiger partial charge in [0.15, 0.2) is 0 Å². The largest absolute Gasteiger partial charge is 0.469 e. The molecule has 0 saturated heterocycles. The van der Waals surface area contributed by atoms with Crippen LogP contribution in [0.4, 0.5) is 0 Å². The topological polar surface area (TPSA) is 81.7 Å². The minimum absolute atomic E-state index is 0.0827. The summed E-state index contributed by atoms with van der Waals surface area (Å²) in [5, 5.41) is 2.45. The molecule has 0 unspecified atom stereocenters. The second kappa shape index (κ2) is 8.73. The number of benzene rings is 1. The van der Waals surface area contributed by atoms with Crippen molar-refractivity contribution in [2.45, 2.75) is 32.4 Å². The first-order valence-electron chi connectivity index (χ1n) is 6.63. The third kappa shape index (κ3) is 6.07. The summed E-state index contributed by atoms with van der Waals surface area (Å²) >= 11 is 0. The van der Waals surface area contributed by atoms with Crippen LogP contribution in [0.5, 0.6) is 0 Å². The third-order valence-electron chi connectivity index (χ3n) is 2.76. The molecule has 1 atom stereocenters. The van der Waals surface area contributed by atoms with Crippen LogP contribution in [0.3, 0.4) is 0 Å². The van der Waals surface area contributed by atoms with Crippen LogP contribution in [0.1, 0.15) is 25.3 Å². The normalized spacial score (nSPS) is 11.3. The molecule has 0 aliphatic rings. The summed E-state index contributed by atoms with van der Waals surface area (Å²) in [4.78, 5) is 34.7. The van der Waals surface area contributed by atoms with Gasteiger partial charge in [-0.15, -0.1) is 0 Å². The smallest absolute Gasteiger partial charge is 0.329 e. The van der Waals surface area contributed by atoms with Gasteiger partial charge >= 0.3 is 11.9 Å². The zero-order chi connectivity index (χ0) is 15.7. The van der Waals surface area contributed by atoms with Crippen LogP contribution in [0.2, 0.25) is 0 Å². The number of rotatable bonds is 7. The van der Waals surface area contributed by atoms with E-state index in [9.17, 15) is 14.4 Å². The predicted molar refractivity (Wildman–Crippen MR) is 75.1 cm³/mol. The van der Waals surface area contributed by atoms with Crippen LogP contribution < -0.4 is 5.32 Å². The summed E-state index contributed by atoms with van der Waals surface area (Å²) in [5.41, 5.74) is 0.824. The van der Waals surface area contributed by atoms with E-state index < -0.39 is 18.0 Å². The number of esters is 2. The highest BCUT2D eigenvalue weighted by atomic mass is 16.5. The highest BCUT2D eigenvalue weighted by Crippen LogP contribution is 2.04. The zero-order valence-corrected chi connectivity index (χ0v) is 12.1. The lowest BCUT2D eigenvalue weighted by Crippen LogP contribution is -2.43. The van der Waals surface area contributed by atoms with E-state index in [1.165, 1.54) is 7.11 Å². The summed E-state index contributed by atoms with van der Waals surface area (Å²) in [6.45, 7) is 1.74. The Morgan fingerprint density at radius 2 is 1.86 bits per heavy atom. The van der Waals surface area contributed by atoms with Crippen molar-refractivity contribution in [2.24, 2.45) is 0 Å². The average Bonchev–Trinajstić information content (AvgIpc) is 2.52. The molecule has 0 fully saturated rings. The van der Waals surface area contributed by atoms with Gasteiger partial charge in [0, 0.05) is 6.42 Å². The molecule has 0 aromatic heterocycles. The second-order valence-electron chi connectivity index (χ2n) is 4.35. The van der Waals surface area contributed by atoms with Crippen LogP contribution in [0.25, 0.3) is 0 Å². The van der Waals surface area contributed by atoms with Crippen molar-refractivity contribution in [3.8, 4) is 0 Å². The molecule has 0 saturated carbocycles. The highest BCUT2D eigenvalue weighted by Gasteiger charge is 2.25. The Kier molecular flexibility index (Phi) is 6.94. The SMILES string of the molecule is CCC(=O)N[C@@H](CC(=O)OC)C(=O)OCc1ccccc1. The number of carbonyl (C=O) groups is 3. The molecular formula is C15H19NO5. The van der Waals surface area contributed by atoms with Gasteiger partial charge in [-0.3, -0.25) is 9.59 Å². The fraction of sp³-hybridized carbons (Fsp3) is 0.400. The van der Waals surface area contributed by atoms with E-state index >= 15 is 0 Å². The van der Waals surface area contributed by atoms with Gasteiger partial charge in [0.05, 0.1) is 13.5 Å². The van der Waals surface area contributed by atoms with Gasteiger partial charge in [-0.1, -0.05) is 37.3 Å². The van der Waals surface area contributed by atoms with E-state index in [0.717, 1.165) is 5.56 Å². The molecule has 1 N–H and O–H groups in total. The van der Waals surface area contributed by atoms with Crippen LogP contribution in [0.15, 0.2) is 30.3 Å². The fourth-order valence-electron chi connectivity index (χ4n) is 1.57. The van der Waals surface area contributed by atoms with Gasteiger partial charge < -0.3 is 14.8 Å². The van der Waals surface area contributed by atoms with Gasteiger partial charge in [-0.25, -0.2) is 4.79 Å². The highest BCUT2D eigenvalue weighted by molar-refractivity contribution is 5.87. The quantitative estimate of drug-likeness (QED) is 0.764. The lowest BCUT2D eigenvalue weighted by Gasteiger charge is -2.16. The van der Waals surface area contributed by atoms with E-state index in [0.29, 0.717) is 0 Å². The molecule has 21 heavy (non-hydrogen) atoms. The Morgan fingerprint density at radius 3 is 2.43 bits per heavy atom. The van der Waals surface area contributed by atoms with Crippen molar-refractivity contribution in [1.29, 1.82) is 0 Å². The molecule has 0 aliphatic heterocycles. The maximum Gasteiger partial charge on any atom is 0.329 e. The number of methoxy groups -OCH3 is 1. The Hall–Kier alpha value is -2.37. The van der Waals surface area contributed by atoms with Gasteiger partial charge in [0.25, 0.3) is 0 Å². The molecule has 1 rings (SSSR count). The van der Waals surface area contributed by atoms with Gasteiger partial charge in [0.1, 0.15) is 12.6 Å². The third-order valence-corrected chi connectivity index (χ3v) is 2.76. The molecule has 1 aromatic rings. The Balaban J connectivity index is 2.61. The number of nitrogens with one attached hydrogen (secondary N) is 1. The monoisotopic (exact) mass is 293 g/mol. The van der Waals surface area contributed by atoms with Crippen molar-refractivity contribution in [3.63, 3.8) is 0 Å². The summed E-state index contributed by atoms with van der Waals surface area (Å²) in [6.07, 6.45) is -0.0422. The van der Waals surface area contributed by atoms with Crippen molar-refractivity contribution < 1.29 is 23.9 Å². The first-order valence-corrected chi connectivity index (χ1v) is 6.63. The lowest BCUT2D eigenvalue weighted by atomic mass is 10.2. The van der Waals surface area contributed by atoms with Crippen molar-refractivity contribution >= 4 is 17.8 Å². The number of carbonyl (C=O) groups excluding carboxylic acids is 3. The van der Waals surface area contributed by atoms with Gasteiger partial charge in [0.2, 0.25) is 5.91 Å². The van der Waals surface area contributed by atoms with Gasteiger partial charge in [-0.2, -0.15) is 0 Å². The summed E-state index contributed by atoms with van der Waals surface area (Å²) in [6, 6.07) is 8.10. The number of hydrogen-bond donors (Lipinski definition) is 1. The van der Waals surface area contributed by atoms with E-state index in [2.05, 4.69) is 10.1 Å². The summed E-state index contributed by atoms with van der Waals surface area (Å²) in [5.74, 6) is -1.58. The maximum atomic E-state index is 12.0. The number of hydrogen-bond acceptors (Lipinski definition) is 5. The molecule has 114 valence electrons. The molecule has 0 spiro atoms. The molecule has 0 aliphatic carbocycles. The van der Waals surface area contributed by atoms with Crippen LogP contribution >= 0.6 is 0 Å². The van der Waals surface area contributed by atoms with Crippen molar-refractivity contribution in [2.75, 3.05) is 7.11 Å². The molecule has 6 heteroatoms. The van der Waals surface area contributed by atoms with E-state index in [4.69, 9.17) is 4.74 Å². The second-order valence-corrected chi connectivity index (χ2v) is 4.35. The fourth-order valence-corrected chi connectivity index (χ4v) is 1.57. The van der Waals surface area contributed by atoms with Crippen LogP contribution in [-0.2, 0) is 30.5 Å². The Labute approximate surface area is 123 Å².